The second-order valence-corrected chi connectivity index (χ2v) is 11.0. The van der Waals surface area contributed by atoms with Crippen LogP contribution in [0.1, 0.15) is 20.8 Å². The Morgan fingerprint density at radius 3 is 2.05 bits per heavy atom. The van der Waals surface area contributed by atoms with Gasteiger partial charge in [0.05, 0.1) is 0 Å². The van der Waals surface area contributed by atoms with Gasteiger partial charge in [-0.25, -0.2) is 4.79 Å². The molecule has 0 N–H and O–H groups in total. The van der Waals surface area contributed by atoms with Crippen LogP contribution in [-0.4, -0.2) is 28.0 Å². The Balaban J connectivity index is 2.70. The van der Waals surface area contributed by atoms with Crippen LogP contribution in [0.2, 0.25) is 18.1 Å². The number of esters is 1. The summed E-state index contributed by atoms with van der Waals surface area (Å²) in [6, 6.07) is 7.12. The molecule has 0 aliphatic rings. The molecule has 0 aliphatic heterocycles. The first kappa shape index (κ1) is 16.7. The van der Waals surface area contributed by atoms with Gasteiger partial charge in [0.2, 0.25) is 8.32 Å². The van der Waals surface area contributed by atoms with Gasteiger partial charge in [-0.05, 0) is 42.4 Å². The molecule has 20 heavy (non-hydrogen) atoms. The Hall–Kier alpha value is -1.33. The molecule has 1 rings (SSSR count). The van der Waals surface area contributed by atoms with E-state index in [1.807, 2.05) is 12.1 Å². The van der Waals surface area contributed by atoms with Crippen molar-refractivity contribution in [3.05, 3.63) is 24.3 Å². The second kappa shape index (κ2) is 6.41. The maximum Gasteiger partial charge on any atom is 0.337 e. The van der Waals surface area contributed by atoms with Crippen LogP contribution < -0.4 is 9.16 Å². The zero-order valence-corrected chi connectivity index (χ0v) is 14.1. The topological polar surface area (TPSA) is 44.8 Å². The number of hydrogen-bond donors (Lipinski definition) is 0. The van der Waals surface area contributed by atoms with Gasteiger partial charge in [0, 0.05) is 7.11 Å². The van der Waals surface area contributed by atoms with Gasteiger partial charge in [0.15, 0.2) is 0 Å². The number of hydrogen-bond acceptors (Lipinski definition) is 4. The third-order valence-corrected chi connectivity index (χ3v) is 7.86. The molecule has 1 aromatic rings. The molecule has 0 amide bonds. The van der Waals surface area contributed by atoms with Crippen molar-refractivity contribution in [2.75, 3.05) is 13.7 Å². The summed E-state index contributed by atoms with van der Waals surface area (Å²) < 4.78 is 16.0. The number of rotatable bonds is 5. The van der Waals surface area contributed by atoms with Gasteiger partial charge in [-0.3, -0.25) is 0 Å². The third-order valence-electron chi connectivity index (χ3n) is 3.50. The van der Waals surface area contributed by atoms with E-state index in [1.54, 1.807) is 12.1 Å². The zero-order valence-electron chi connectivity index (χ0n) is 13.1. The standard InChI is InChI=1S/C15H24O4Si/c1-15(2,3)20(5,6)19-13-9-7-12(8-10-13)18-14(16)11-17-4/h7-10H,11H2,1-6H3. The van der Waals surface area contributed by atoms with Crippen molar-refractivity contribution < 1.29 is 18.7 Å². The highest BCUT2D eigenvalue weighted by Crippen LogP contribution is 2.37. The van der Waals surface area contributed by atoms with E-state index in [0.717, 1.165) is 5.75 Å². The predicted molar refractivity (Wildman–Crippen MR) is 81.8 cm³/mol. The Labute approximate surface area is 122 Å². The molecular formula is C15H24O4Si. The van der Waals surface area contributed by atoms with E-state index in [2.05, 4.69) is 33.9 Å². The summed E-state index contributed by atoms with van der Waals surface area (Å²) >= 11 is 0. The summed E-state index contributed by atoms with van der Waals surface area (Å²) in [7, 11) is -0.380. The van der Waals surface area contributed by atoms with Gasteiger partial charge < -0.3 is 13.9 Å². The summed E-state index contributed by atoms with van der Waals surface area (Å²) in [4.78, 5) is 11.3. The minimum absolute atomic E-state index is 0.0534. The fourth-order valence-corrected chi connectivity index (χ4v) is 2.33. The average molecular weight is 296 g/mol. The van der Waals surface area contributed by atoms with Crippen molar-refractivity contribution in [2.45, 2.75) is 38.9 Å². The van der Waals surface area contributed by atoms with E-state index >= 15 is 0 Å². The molecule has 1 aromatic carbocycles. The van der Waals surface area contributed by atoms with E-state index in [9.17, 15) is 4.79 Å². The van der Waals surface area contributed by atoms with Crippen LogP contribution in [0.5, 0.6) is 11.5 Å². The molecule has 112 valence electrons. The third kappa shape index (κ3) is 4.65. The fourth-order valence-electron chi connectivity index (χ4n) is 1.30. The maximum atomic E-state index is 11.3. The lowest BCUT2D eigenvalue weighted by Crippen LogP contribution is -2.43. The highest BCUT2D eigenvalue weighted by Gasteiger charge is 2.38. The molecule has 0 spiro atoms. The normalized spacial score (nSPS) is 12.1. The summed E-state index contributed by atoms with van der Waals surface area (Å²) in [5, 5.41) is 0.149. The smallest absolute Gasteiger partial charge is 0.337 e. The minimum atomic E-state index is -1.84. The number of carbonyl (C=O) groups excluding carboxylic acids is 1. The molecule has 0 unspecified atom stereocenters. The lowest BCUT2D eigenvalue weighted by atomic mass is 10.2. The first-order valence-electron chi connectivity index (χ1n) is 6.64. The molecule has 0 saturated heterocycles. The molecular weight excluding hydrogens is 272 g/mol. The van der Waals surface area contributed by atoms with Crippen LogP contribution in [0, 0.1) is 0 Å². The number of carbonyl (C=O) groups is 1. The van der Waals surface area contributed by atoms with E-state index in [0.29, 0.717) is 5.75 Å². The van der Waals surface area contributed by atoms with E-state index in [-0.39, 0.29) is 11.6 Å². The molecule has 0 aliphatic carbocycles. The van der Waals surface area contributed by atoms with Gasteiger partial charge in [0.1, 0.15) is 18.1 Å². The predicted octanol–water partition coefficient (Wildman–Crippen LogP) is 3.62. The van der Waals surface area contributed by atoms with Gasteiger partial charge in [-0.2, -0.15) is 0 Å². The molecule has 0 aromatic heterocycles. The lowest BCUT2D eigenvalue weighted by Gasteiger charge is -2.36. The van der Waals surface area contributed by atoms with Crippen LogP contribution in [0.15, 0.2) is 24.3 Å². The molecule has 4 nitrogen and oxygen atoms in total. The Morgan fingerprint density at radius 1 is 1.10 bits per heavy atom. The highest BCUT2D eigenvalue weighted by atomic mass is 28.4. The van der Waals surface area contributed by atoms with Crippen LogP contribution >= 0.6 is 0 Å². The Bertz CT molecular complexity index is 446. The van der Waals surface area contributed by atoms with Crippen LogP contribution in [-0.2, 0) is 9.53 Å². The average Bonchev–Trinajstić information content (AvgIpc) is 2.30. The van der Waals surface area contributed by atoms with Crippen LogP contribution in [0.4, 0.5) is 0 Å². The zero-order chi connectivity index (χ0) is 15.4. The van der Waals surface area contributed by atoms with Crippen molar-refractivity contribution in [2.24, 2.45) is 0 Å². The first-order chi connectivity index (χ1) is 9.15. The number of ether oxygens (including phenoxy) is 2. The van der Waals surface area contributed by atoms with Crippen molar-refractivity contribution in [3.8, 4) is 11.5 Å². The summed E-state index contributed by atoms with van der Waals surface area (Å²) in [5.41, 5.74) is 0. The van der Waals surface area contributed by atoms with Crippen molar-refractivity contribution in [1.82, 2.24) is 0 Å². The van der Waals surface area contributed by atoms with Crippen LogP contribution in [0.25, 0.3) is 0 Å². The lowest BCUT2D eigenvalue weighted by molar-refractivity contribution is -0.138. The maximum absolute atomic E-state index is 11.3. The van der Waals surface area contributed by atoms with Crippen molar-refractivity contribution in [3.63, 3.8) is 0 Å². The Kier molecular flexibility index (Phi) is 5.36. The summed E-state index contributed by atoms with van der Waals surface area (Å²) in [6.45, 7) is 10.9. The van der Waals surface area contributed by atoms with Crippen LogP contribution in [0.3, 0.4) is 0 Å². The van der Waals surface area contributed by atoms with E-state index < -0.39 is 14.3 Å². The monoisotopic (exact) mass is 296 g/mol. The van der Waals surface area contributed by atoms with E-state index in [4.69, 9.17) is 13.9 Å². The summed E-state index contributed by atoms with van der Waals surface area (Å²) in [5.74, 6) is 0.892. The minimum Gasteiger partial charge on any atom is -0.543 e. The quantitative estimate of drug-likeness (QED) is 0.473. The van der Waals surface area contributed by atoms with E-state index in [1.165, 1.54) is 7.11 Å². The van der Waals surface area contributed by atoms with Gasteiger partial charge in [0.25, 0.3) is 0 Å². The number of benzene rings is 1. The second-order valence-electron chi connectivity index (χ2n) is 6.24. The molecule has 0 bridgehead atoms. The van der Waals surface area contributed by atoms with Gasteiger partial charge >= 0.3 is 5.97 Å². The largest absolute Gasteiger partial charge is 0.543 e. The molecule has 0 atom stereocenters. The van der Waals surface area contributed by atoms with Gasteiger partial charge in [-0.15, -0.1) is 0 Å². The summed E-state index contributed by atoms with van der Waals surface area (Å²) in [6.07, 6.45) is 0. The van der Waals surface area contributed by atoms with Crippen molar-refractivity contribution >= 4 is 14.3 Å². The Morgan fingerprint density at radius 2 is 1.60 bits per heavy atom. The molecule has 0 heterocycles. The molecule has 0 saturated carbocycles. The SMILES string of the molecule is COCC(=O)Oc1ccc(O[Si](C)(C)C(C)(C)C)cc1. The van der Waals surface area contributed by atoms with Gasteiger partial charge in [-0.1, -0.05) is 20.8 Å². The molecule has 5 heteroatoms. The molecule has 0 fully saturated rings. The number of methoxy groups -OCH3 is 1. The first-order valence-corrected chi connectivity index (χ1v) is 9.55. The van der Waals surface area contributed by atoms with Crippen molar-refractivity contribution in [1.29, 1.82) is 0 Å². The fraction of sp³-hybridized carbons (Fsp3) is 0.533. The highest BCUT2D eigenvalue weighted by molar-refractivity contribution is 6.74. The molecule has 0 radical (unpaired) electrons.